The second-order valence-electron chi connectivity index (χ2n) is 4.76. The largest absolute Gasteiger partial charge is 0.491 e. The third-order valence-electron chi connectivity index (χ3n) is 3.07. The Morgan fingerprint density at radius 1 is 1.22 bits per heavy atom. The van der Waals surface area contributed by atoms with Gasteiger partial charge in [0.25, 0.3) is 0 Å². The zero-order chi connectivity index (χ0) is 16.7. The van der Waals surface area contributed by atoms with Crippen LogP contribution in [0.1, 0.15) is 28.8 Å². The average Bonchev–Trinajstić information content (AvgIpc) is 2.98. The van der Waals surface area contributed by atoms with Crippen molar-refractivity contribution in [3.8, 4) is 5.75 Å². The smallest absolute Gasteiger partial charge is 0.374 e. The predicted octanol–water partition coefficient (Wildman–Crippen LogP) is 3.73. The number of methoxy groups -OCH3 is 1. The Morgan fingerprint density at radius 3 is 2.78 bits per heavy atom. The first-order valence-electron chi connectivity index (χ1n) is 7.30. The molecule has 1 heterocycles. The molecule has 5 nitrogen and oxygen atoms in total. The Balaban J connectivity index is 2.12. The van der Waals surface area contributed by atoms with Crippen LogP contribution in [0, 0.1) is 0 Å². The third kappa shape index (κ3) is 5.01. The Kier molecular flexibility index (Phi) is 6.50. The van der Waals surface area contributed by atoms with Crippen molar-refractivity contribution in [3.05, 3.63) is 52.4 Å². The summed E-state index contributed by atoms with van der Waals surface area (Å²) in [4.78, 5) is 11.6. The van der Waals surface area contributed by atoms with Crippen LogP contribution in [0.25, 0.3) is 0 Å². The van der Waals surface area contributed by atoms with Crippen LogP contribution in [-0.2, 0) is 15.9 Å². The van der Waals surface area contributed by atoms with Gasteiger partial charge in [-0.15, -0.1) is 0 Å². The van der Waals surface area contributed by atoms with Crippen molar-refractivity contribution in [2.45, 2.75) is 13.3 Å². The van der Waals surface area contributed by atoms with E-state index in [-0.39, 0.29) is 5.76 Å². The normalized spacial score (nSPS) is 10.6. The number of benzene rings is 1. The van der Waals surface area contributed by atoms with Crippen LogP contribution < -0.4 is 4.74 Å². The zero-order valence-electron chi connectivity index (χ0n) is 13.1. The Labute approximate surface area is 140 Å². The topological polar surface area (TPSA) is 57.9 Å². The summed E-state index contributed by atoms with van der Waals surface area (Å²) in [6.07, 6.45) is 0.461. The van der Waals surface area contributed by atoms with E-state index in [1.165, 1.54) is 0 Å². The molecule has 0 aliphatic heterocycles. The highest BCUT2D eigenvalue weighted by atomic mass is 35.5. The van der Waals surface area contributed by atoms with E-state index in [2.05, 4.69) is 0 Å². The van der Waals surface area contributed by atoms with Gasteiger partial charge in [-0.05, 0) is 37.3 Å². The summed E-state index contributed by atoms with van der Waals surface area (Å²) >= 11 is 6.06. The van der Waals surface area contributed by atoms with Crippen LogP contribution in [0.3, 0.4) is 0 Å². The number of esters is 1. The van der Waals surface area contributed by atoms with Gasteiger partial charge in [-0.2, -0.15) is 0 Å². The summed E-state index contributed by atoms with van der Waals surface area (Å²) in [5.41, 5.74) is 0.873. The summed E-state index contributed by atoms with van der Waals surface area (Å²) < 4.78 is 21.1. The highest BCUT2D eigenvalue weighted by molar-refractivity contribution is 6.30. The number of halogens is 1. The maximum absolute atomic E-state index is 11.6. The molecule has 0 N–H and O–H groups in total. The molecule has 23 heavy (non-hydrogen) atoms. The molecular formula is C17H19ClO5. The van der Waals surface area contributed by atoms with Crippen molar-refractivity contribution in [1.29, 1.82) is 0 Å². The van der Waals surface area contributed by atoms with Crippen LogP contribution in [-0.4, -0.2) is 32.9 Å². The van der Waals surface area contributed by atoms with Crippen LogP contribution in [0.2, 0.25) is 5.02 Å². The van der Waals surface area contributed by atoms with Gasteiger partial charge < -0.3 is 18.6 Å². The van der Waals surface area contributed by atoms with Crippen molar-refractivity contribution in [2.24, 2.45) is 0 Å². The first-order valence-corrected chi connectivity index (χ1v) is 7.67. The summed E-state index contributed by atoms with van der Waals surface area (Å²) in [5, 5.41) is 0.608. The molecule has 0 aliphatic carbocycles. The molecule has 0 saturated heterocycles. The van der Waals surface area contributed by atoms with Crippen LogP contribution >= 0.6 is 11.6 Å². The first-order chi connectivity index (χ1) is 11.1. The molecule has 0 spiro atoms. The SMILES string of the molecule is CCOC(=O)c1ccc(Cc2cc(Cl)ccc2OCCOC)o1. The maximum Gasteiger partial charge on any atom is 0.374 e. The lowest BCUT2D eigenvalue weighted by molar-refractivity contribution is 0.0488. The molecule has 0 unspecified atom stereocenters. The van der Waals surface area contributed by atoms with Crippen LogP contribution in [0.4, 0.5) is 0 Å². The quantitative estimate of drug-likeness (QED) is 0.542. The Hall–Kier alpha value is -1.98. The van der Waals surface area contributed by atoms with E-state index in [1.807, 2.05) is 12.1 Å². The summed E-state index contributed by atoms with van der Waals surface area (Å²) in [6, 6.07) is 8.73. The molecule has 2 rings (SSSR count). The molecule has 1 aromatic carbocycles. The van der Waals surface area contributed by atoms with E-state index >= 15 is 0 Å². The van der Waals surface area contributed by atoms with Gasteiger partial charge in [0.15, 0.2) is 0 Å². The van der Waals surface area contributed by atoms with Crippen molar-refractivity contribution in [2.75, 3.05) is 26.9 Å². The Bertz CT molecular complexity index is 650. The maximum atomic E-state index is 11.6. The van der Waals surface area contributed by atoms with Gasteiger partial charge in [-0.25, -0.2) is 4.79 Å². The van der Waals surface area contributed by atoms with Crippen molar-refractivity contribution in [1.82, 2.24) is 0 Å². The fraction of sp³-hybridized carbons (Fsp3) is 0.353. The van der Waals surface area contributed by atoms with Crippen molar-refractivity contribution >= 4 is 17.6 Å². The molecular weight excluding hydrogens is 320 g/mol. The number of hydrogen-bond acceptors (Lipinski definition) is 5. The molecule has 0 atom stereocenters. The standard InChI is InChI=1S/C17H19ClO5/c1-3-21-17(19)16-7-5-14(23-16)11-12-10-13(18)4-6-15(12)22-9-8-20-2/h4-7,10H,3,8-9,11H2,1-2H3. The Morgan fingerprint density at radius 2 is 2.04 bits per heavy atom. The molecule has 6 heteroatoms. The van der Waals surface area contributed by atoms with E-state index in [0.717, 1.165) is 5.56 Å². The van der Waals surface area contributed by atoms with Gasteiger partial charge in [0.1, 0.15) is 18.1 Å². The molecule has 0 aliphatic rings. The molecule has 0 fully saturated rings. The fourth-order valence-corrected chi connectivity index (χ4v) is 2.23. The summed E-state index contributed by atoms with van der Waals surface area (Å²) in [5.74, 6) is 1.06. The molecule has 0 amide bonds. The van der Waals surface area contributed by atoms with Crippen LogP contribution in [0.15, 0.2) is 34.7 Å². The number of ether oxygens (including phenoxy) is 3. The van der Waals surface area contributed by atoms with Gasteiger partial charge in [0.05, 0.1) is 13.2 Å². The van der Waals surface area contributed by atoms with Gasteiger partial charge in [0, 0.05) is 24.1 Å². The van der Waals surface area contributed by atoms with Gasteiger partial charge in [-0.3, -0.25) is 0 Å². The molecule has 0 radical (unpaired) electrons. The average molecular weight is 339 g/mol. The number of furan rings is 1. The minimum atomic E-state index is -0.471. The first kappa shape index (κ1) is 17.4. The van der Waals surface area contributed by atoms with Crippen molar-refractivity contribution < 1.29 is 23.4 Å². The van der Waals surface area contributed by atoms with Gasteiger partial charge in [-0.1, -0.05) is 11.6 Å². The molecule has 2 aromatic rings. The molecule has 124 valence electrons. The minimum absolute atomic E-state index is 0.186. The van der Waals surface area contributed by atoms with Crippen LogP contribution in [0.5, 0.6) is 5.75 Å². The second-order valence-corrected chi connectivity index (χ2v) is 5.19. The number of carbonyl (C=O) groups excluding carboxylic acids is 1. The fourth-order valence-electron chi connectivity index (χ4n) is 2.03. The van der Waals surface area contributed by atoms with E-state index in [1.54, 1.807) is 32.2 Å². The number of rotatable bonds is 8. The number of carbonyl (C=O) groups is 1. The highest BCUT2D eigenvalue weighted by Gasteiger charge is 2.14. The zero-order valence-corrected chi connectivity index (χ0v) is 13.9. The lowest BCUT2D eigenvalue weighted by Gasteiger charge is -2.11. The van der Waals surface area contributed by atoms with E-state index in [9.17, 15) is 4.79 Å². The second kappa shape index (κ2) is 8.60. The lowest BCUT2D eigenvalue weighted by atomic mass is 10.1. The molecule has 1 aromatic heterocycles. The summed E-state index contributed by atoms with van der Waals surface area (Å²) in [7, 11) is 1.62. The predicted molar refractivity (Wildman–Crippen MR) is 86.3 cm³/mol. The highest BCUT2D eigenvalue weighted by Crippen LogP contribution is 2.26. The molecule has 0 saturated carbocycles. The lowest BCUT2D eigenvalue weighted by Crippen LogP contribution is -2.06. The minimum Gasteiger partial charge on any atom is -0.491 e. The van der Waals surface area contributed by atoms with E-state index < -0.39 is 5.97 Å². The van der Waals surface area contributed by atoms with E-state index in [0.29, 0.717) is 42.8 Å². The summed E-state index contributed by atoms with van der Waals surface area (Å²) in [6.45, 7) is 2.99. The van der Waals surface area contributed by atoms with Gasteiger partial charge >= 0.3 is 5.97 Å². The number of hydrogen-bond donors (Lipinski definition) is 0. The van der Waals surface area contributed by atoms with Gasteiger partial charge in [0.2, 0.25) is 5.76 Å². The van der Waals surface area contributed by atoms with Crippen molar-refractivity contribution in [3.63, 3.8) is 0 Å². The third-order valence-corrected chi connectivity index (χ3v) is 3.31. The van der Waals surface area contributed by atoms with E-state index in [4.69, 9.17) is 30.2 Å². The molecule has 0 bridgehead atoms. The monoisotopic (exact) mass is 338 g/mol.